The summed E-state index contributed by atoms with van der Waals surface area (Å²) in [5.74, 6) is 0.656. The number of hydrogen-bond acceptors (Lipinski definition) is 9. The molecular weight excluding hydrogens is 526 g/mol. The molecule has 11 heteroatoms. The summed E-state index contributed by atoms with van der Waals surface area (Å²) >= 11 is 0. The Bertz CT molecular complexity index is 1800. The molecule has 0 bridgehead atoms. The molecule has 5 rings (SSSR count). The molecule has 0 aliphatic heterocycles. The zero-order chi connectivity index (χ0) is 28.9. The molecule has 3 N–H and O–H groups in total. The molecule has 0 aliphatic rings. The van der Waals surface area contributed by atoms with E-state index < -0.39 is 21.2 Å². The van der Waals surface area contributed by atoms with Crippen molar-refractivity contribution in [2.24, 2.45) is 4.99 Å². The third-order valence-corrected chi connectivity index (χ3v) is 6.33. The summed E-state index contributed by atoms with van der Waals surface area (Å²) in [6.07, 6.45) is 1.53. The van der Waals surface area contributed by atoms with Crippen LogP contribution in [0.5, 0.6) is 11.5 Å². The molecule has 0 atom stereocenters. The van der Waals surface area contributed by atoms with E-state index in [0.29, 0.717) is 28.4 Å². The zero-order valence-electron chi connectivity index (χ0n) is 21.6. The van der Waals surface area contributed by atoms with E-state index in [0.717, 1.165) is 16.8 Å². The van der Waals surface area contributed by atoms with E-state index in [1.165, 1.54) is 19.4 Å². The van der Waals surface area contributed by atoms with Gasteiger partial charge >= 0.3 is 0 Å². The second-order valence-corrected chi connectivity index (χ2v) is 8.87. The number of rotatable bonds is 9. The van der Waals surface area contributed by atoms with Gasteiger partial charge in [0, 0.05) is 17.5 Å². The lowest BCUT2D eigenvalue weighted by molar-refractivity contribution is -0.393. The third-order valence-electron chi connectivity index (χ3n) is 6.33. The van der Waals surface area contributed by atoms with Crippen LogP contribution in [0.1, 0.15) is 5.56 Å². The predicted molar refractivity (Wildman–Crippen MR) is 159 cm³/mol. The predicted octanol–water partition coefficient (Wildman–Crippen LogP) is 7.61. The molecular formula is C30H23N5O6. The number of nitrogens with one attached hydrogen (secondary N) is 2. The van der Waals surface area contributed by atoms with Crippen molar-refractivity contribution in [3.8, 4) is 11.5 Å². The van der Waals surface area contributed by atoms with Gasteiger partial charge in [-0.2, -0.15) is 0 Å². The molecule has 5 aromatic rings. The Kier molecular flexibility index (Phi) is 7.41. The Morgan fingerprint density at radius 1 is 0.780 bits per heavy atom. The number of phenolic OH excluding ortho intramolecular Hbond substituents is 1. The van der Waals surface area contributed by atoms with Gasteiger partial charge in [0.25, 0.3) is 11.4 Å². The van der Waals surface area contributed by atoms with E-state index in [2.05, 4.69) is 15.6 Å². The maximum Gasteiger partial charge on any atom is 0.299 e. The molecule has 5 aromatic carbocycles. The lowest BCUT2D eigenvalue weighted by Gasteiger charge is -2.13. The van der Waals surface area contributed by atoms with Crippen LogP contribution in [0.15, 0.2) is 102 Å². The molecule has 0 saturated heterocycles. The highest BCUT2D eigenvalue weighted by Crippen LogP contribution is 2.40. The Labute approximate surface area is 233 Å². The fourth-order valence-electron chi connectivity index (χ4n) is 4.30. The van der Waals surface area contributed by atoms with Crippen LogP contribution in [0.4, 0.5) is 39.8 Å². The van der Waals surface area contributed by atoms with Crippen molar-refractivity contribution in [1.82, 2.24) is 0 Å². The number of benzene rings is 5. The van der Waals surface area contributed by atoms with Crippen molar-refractivity contribution < 1.29 is 19.7 Å². The fourth-order valence-corrected chi connectivity index (χ4v) is 4.30. The van der Waals surface area contributed by atoms with Crippen molar-refractivity contribution in [3.05, 3.63) is 123 Å². The quantitative estimate of drug-likeness (QED) is 0.0965. The number of para-hydroxylation sites is 2. The summed E-state index contributed by atoms with van der Waals surface area (Å²) in [7, 11) is 1.52. The summed E-state index contributed by atoms with van der Waals surface area (Å²) in [4.78, 5) is 26.9. The van der Waals surface area contributed by atoms with Gasteiger partial charge in [-0.05, 0) is 59.3 Å². The number of nitrogens with zero attached hydrogens (tertiary/aromatic N) is 3. The SMILES string of the molecule is COc1ccc(Nc2cc(Nc3ccccc3N=Cc3c(O)ccc4ccccc34)c([N+](=O)[O-])cc2[N+](=O)[O-])cc1. The summed E-state index contributed by atoms with van der Waals surface area (Å²) < 4.78 is 5.15. The minimum Gasteiger partial charge on any atom is -0.507 e. The average Bonchev–Trinajstić information content (AvgIpc) is 2.97. The van der Waals surface area contributed by atoms with Crippen molar-refractivity contribution >= 4 is 56.8 Å². The van der Waals surface area contributed by atoms with Crippen LogP contribution >= 0.6 is 0 Å². The number of aliphatic imine (C=N–C) groups is 1. The lowest BCUT2D eigenvalue weighted by atomic mass is 10.0. The highest BCUT2D eigenvalue weighted by atomic mass is 16.6. The normalized spacial score (nSPS) is 11.0. The van der Waals surface area contributed by atoms with E-state index >= 15 is 0 Å². The molecule has 204 valence electrons. The summed E-state index contributed by atoms with van der Waals surface area (Å²) in [5, 5.41) is 42.0. The Hall–Kier alpha value is -5.97. The molecule has 0 radical (unpaired) electrons. The van der Waals surface area contributed by atoms with Crippen LogP contribution in [0.2, 0.25) is 0 Å². The van der Waals surface area contributed by atoms with Gasteiger partial charge in [-0.15, -0.1) is 0 Å². The monoisotopic (exact) mass is 549 g/mol. The first-order chi connectivity index (χ1) is 19.8. The number of nitro groups is 2. The molecule has 0 fully saturated rings. The molecule has 0 heterocycles. The highest BCUT2D eigenvalue weighted by molar-refractivity contribution is 6.03. The second-order valence-electron chi connectivity index (χ2n) is 8.87. The lowest BCUT2D eigenvalue weighted by Crippen LogP contribution is -2.03. The number of aromatic hydroxyl groups is 1. The van der Waals surface area contributed by atoms with Gasteiger partial charge in [0.1, 0.15) is 22.9 Å². The van der Waals surface area contributed by atoms with Crippen molar-refractivity contribution in [2.45, 2.75) is 0 Å². The Balaban J connectivity index is 1.54. The van der Waals surface area contributed by atoms with Crippen LogP contribution in [0, 0.1) is 20.2 Å². The van der Waals surface area contributed by atoms with Crippen molar-refractivity contribution in [3.63, 3.8) is 0 Å². The van der Waals surface area contributed by atoms with Crippen LogP contribution in [-0.2, 0) is 0 Å². The van der Waals surface area contributed by atoms with E-state index in [4.69, 9.17) is 4.74 Å². The Morgan fingerprint density at radius 3 is 2.15 bits per heavy atom. The van der Waals surface area contributed by atoms with Crippen LogP contribution < -0.4 is 15.4 Å². The van der Waals surface area contributed by atoms with Gasteiger partial charge in [-0.3, -0.25) is 25.2 Å². The van der Waals surface area contributed by atoms with E-state index in [1.54, 1.807) is 54.6 Å². The minimum absolute atomic E-state index is 0.0206. The molecule has 0 aliphatic carbocycles. The molecule has 41 heavy (non-hydrogen) atoms. The second kappa shape index (κ2) is 11.4. The molecule has 0 amide bonds. The smallest absolute Gasteiger partial charge is 0.299 e. The molecule has 0 aromatic heterocycles. The number of fused-ring (bicyclic) bond motifs is 1. The van der Waals surface area contributed by atoms with Crippen molar-refractivity contribution in [1.29, 1.82) is 0 Å². The van der Waals surface area contributed by atoms with E-state index in [9.17, 15) is 25.3 Å². The van der Waals surface area contributed by atoms with Gasteiger partial charge in [0.15, 0.2) is 0 Å². The van der Waals surface area contributed by atoms with Gasteiger partial charge in [0.2, 0.25) is 0 Å². The maximum atomic E-state index is 11.9. The fraction of sp³-hybridized carbons (Fsp3) is 0.0333. The minimum atomic E-state index is -0.688. The molecule has 0 unspecified atom stereocenters. The zero-order valence-corrected chi connectivity index (χ0v) is 21.6. The van der Waals surface area contributed by atoms with E-state index in [-0.39, 0.29) is 17.1 Å². The first-order valence-corrected chi connectivity index (χ1v) is 12.3. The largest absolute Gasteiger partial charge is 0.507 e. The number of methoxy groups -OCH3 is 1. The summed E-state index contributed by atoms with van der Waals surface area (Å²) in [5.41, 5.74) is 1.01. The number of phenols is 1. The number of ether oxygens (including phenoxy) is 1. The van der Waals surface area contributed by atoms with Crippen molar-refractivity contribution in [2.75, 3.05) is 17.7 Å². The number of hydrogen-bond donors (Lipinski definition) is 3. The standard InChI is InChI=1S/C30H23N5O6/c1-41-21-13-11-20(12-14-21)32-26-16-27(29(35(39)40)17-28(26)34(37)38)33-25-9-5-4-8-24(25)31-18-23-22-7-3-2-6-19(22)10-15-30(23)36/h2-18,32-33,36H,1H3. The molecule has 0 saturated carbocycles. The third kappa shape index (κ3) is 5.73. The first kappa shape index (κ1) is 26.6. The van der Waals surface area contributed by atoms with Gasteiger partial charge < -0.3 is 20.5 Å². The van der Waals surface area contributed by atoms with Crippen LogP contribution in [0.25, 0.3) is 10.8 Å². The maximum absolute atomic E-state index is 11.9. The molecule has 11 nitrogen and oxygen atoms in total. The van der Waals surface area contributed by atoms with Gasteiger partial charge in [-0.25, -0.2) is 0 Å². The first-order valence-electron chi connectivity index (χ1n) is 12.3. The average molecular weight is 550 g/mol. The topological polar surface area (TPSA) is 152 Å². The van der Waals surface area contributed by atoms with Crippen LogP contribution in [0.3, 0.4) is 0 Å². The molecule has 0 spiro atoms. The number of anilines is 4. The van der Waals surface area contributed by atoms with Gasteiger partial charge in [0.05, 0.1) is 34.4 Å². The van der Waals surface area contributed by atoms with E-state index in [1.807, 2.05) is 30.3 Å². The highest BCUT2D eigenvalue weighted by Gasteiger charge is 2.25. The number of nitro benzene ring substituents is 2. The summed E-state index contributed by atoms with van der Waals surface area (Å²) in [6, 6.07) is 26.7. The summed E-state index contributed by atoms with van der Waals surface area (Å²) in [6.45, 7) is 0. The van der Waals surface area contributed by atoms with Crippen LogP contribution in [-0.4, -0.2) is 28.3 Å². The van der Waals surface area contributed by atoms with Gasteiger partial charge in [-0.1, -0.05) is 42.5 Å². The Morgan fingerprint density at radius 2 is 1.44 bits per heavy atom.